The Morgan fingerprint density at radius 3 is 2.21 bits per heavy atom. The molecule has 1 amide bonds. The van der Waals surface area contributed by atoms with Crippen molar-refractivity contribution in [2.24, 2.45) is 0 Å². The predicted octanol–water partition coefficient (Wildman–Crippen LogP) is -0.462. The summed E-state index contributed by atoms with van der Waals surface area (Å²) < 4.78 is 0. The lowest BCUT2D eigenvalue weighted by atomic mass is 10.1. The number of aliphatic hydroxyl groups is 4. The van der Waals surface area contributed by atoms with Gasteiger partial charge in [0.05, 0.1) is 6.61 Å². The van der Waals surface area contributed by atoms with Crippen LogP contribution in [0.25, 0.3) is 0 Å². The SMILES string of the molecule is CCCCCCCCNC(=O)[C@H](O)[C@@H](O)[C@@H](O)CO. The first-order chi connectivity index (χ1) is 9.04. The van der Waals surface area contributed by atoms with Crippen LogP contribution in [0.2, 0.25) is 0 Å². The van der Waals surface area contributed by atoms with Crippen LogP contribution in [-0.2, 0) is 4.79 Å². The van der Waals surface area contributed by atoms with Gasteiger partial charge in [-0.05, 0) is 6.42 Å². The fourth-order valence-corrected chi connectivity index (χ4v) is 1.70. The Labute approximate surface area is 114 Å². The second kappa shape index (κ2) is 11.2. The summed E-state index contributed by atoms with van der Waals surface area (Å²) in [7, 11) is 0. The van der Waals surface area contributed by atoms with Crippen LogP contribution in [0, 0.1) is 0 Å². The molecule has 0 spiro atoms. The number of rotatable bonds is 11. The Morgan fingerprint density at radius 1 is 1.05 bits per heavy atom. The summed E-state index contributed by atoms with van der Waals surface area (Å²) in [6, 6.07) is 0. The van der Waals surface area contributed by atoms with Gasteiger partial charge in [0.2, 0.25) is 0 Å². The molecule has 0 aromatic heterocycles. The molecule has 114 valence electrons. The summed E-state index contributed by atoms with van der Waals surface area (Å²) in [5.74, 6) is -0.728. The Balaban J connectivity index is 3.68. The minimum absolute atomic E-state index is 0.434. The highest BCUT2D eigenvalue weighted by atomic mass is 16.4. The summed E-state index contributed by atoms with van der Waals surface area (Å²) in [6.07, 6.45) is 1.64. The molecule has 0 aliphatic rings. The van der Waals surface area contributed by atoms with E-state index in [1.165, 1.54) is 19.3 Å². The summed E-state index contributed by atoms with van der Waals surface area (Å²) in [5, 5.41) is 39.0. The Bertz CT molecular complexity index is 237. The van der Waals surface area contributed by atoms with E-state index < -0.39 is 30.8 Å². The number of aliphatic hydroxyl groups excluding tert-OH is 4. The molecule has 0 rings (SSSR count). The van der Waals surface area contributed by atoms with Crippen molar-refractivity contribution >= 4 is 5.91 Å². The molecule has 19 heavy (non-hydrogen) atoms. The average Bonchev–Trinajstić information content (AvgIpc) is 2.43. The van der Waals surface area contributed by atoms with Crippen LogP contribution in [-0.4, -0.2) is 57.8 Å². The molecule has 0 aliphatic carbocycles. The fraction of sp³-hybridized carbons (Fsp3) is 0.923. The zero-order valence-corrected chi connectivity index (χ0v) is 11.6. The number of hydrogen-bond donors (Lipinski definition) is 5. The molecule has 0 radical (unpaired) electrons. The van der Waals surface area contributed by atoms with E-state index in [0.717, 1.165) is 19.3 Å². The van der Waals surface area contributed by atoms with Crippen molar-refractivity contribution < 1.29 is 25.2 Å². The molecule has 0 aromatic rings. The molecule has 0 unspecified atom stereocenters. The number of hydrogen-bond acceptors (Lipinski definition) is 5. The molecular formula is C13H27NO5. The Morgan fingerprint density at radius 2 is 1.63 bits per heavy atom. The molecule has 6 nitrogen and oxygen atoms in total. The van der Waals surface area contributed by atoms with Gasteiger partial charge < -0.3 is 25.7 Å². The molecule has 0 aromatic carbocycles. The minimum atomic E-state index is -1.72. The number of nitrogens with one attached hydrogen (secondary N) is 1. The number of unbranched alkanes of at least 4 members (excludes halogenated alkanes) is 5. The largest absolute Gasteiger partial charge is 0.394 e. The number of amides is 1. The summed E-state index contributed by atoms with van der Waals surface area (Å²) in [4.78, 5) is 11.4. The van der Waals surface area contributed by atoms with Gasteiger partial charge in [0, 0.05) is 6.54 Å². The van der Waals surface area contributed by atoms with Gasteiger partial charge >= 0.3 is 0 Å². The zero-order valence-electron chi connectivity index (χ0n) is 11.6. The van der Waals surface area contributed by atoms with Gasteiger partial charge in [-0.2, -0.15) is 0 Å². The predicted molar refractivity (Wildman–Crippen MR) is 71.5 cm³/mol. The monoisotopic (exact) mass is 277 g/mol. The average molecular weight is 277 g/mol. The van der Waals surface area contributed by atoms with Crippen molar-refractivity contribution in [1.82, 2.24) is 5.32 Å². The highest BCUT2D eigenvalue weighted by Crippen LogP contribution is 2.04. The van der Waals surface area contributed by atoms with Crippen LogP contribution in [0.3, 0.4) is 0 Å². The van der Waals surface area contributed by atoms with Gasteiger partial charge in [-0.3, -0.25) is 4.79 Å². The minimum Gasteiger partial charge on any atom is -0.394 e. The van der Waals surface area contributed by atoms with Gasteiger partial charge in [-0.1, -0.05) is 39.0 Å². The third-order valence-corrected chi connectivity index (χ3v) is 3.00. The van der Waals surface area contributed by atoms with Crippen molar-refractivity contribution in [3.63, 3.8) is 0 Å². The van der Waals surface area contributed by atoms with E-state index in [0.29, 0.717) is 6.54 Å². The second-order valence-electron chi connectivity index (χ2n) is 4.74. The lowest BCUT2D eigenvalue weighted by Crippen LogP contribution is -2.48. The van der Waals surface area contributed by atoms with E-state index in [4.69, 9.17) is 10.2 Å². The lowest BCUT2D eigenvalue weighted by molar-refractivity contribution is -0.142. The first-order valence-electron chi connectivity index (χ1n) is 6.97. The van der Waals surface area contributed by atoms with E-state index in [2.05, 4.69) is 12.2 Å². The van der Waals surface area contributed by atoms with E-state index in [1.54, 1.807) is 0 Å². The van der Waals surface area contributed by atoms with Crippen LogP contribution in [0.4, 0.5) is 0 Å². The molecule has 0 saturated carbocycles. The molecule has 0 fully saturated rings. The van der Waals surface area contributed by atoms with Crippen molar-refractivity contribution in [3.8, 4) is 0 Å². The van der Waals surface area contributed by atoms with Crippen molar-refractivity contribution in [2.45, 2.75) is 63.8 Å². The van der Waals surface area contributed by atoms with Gasteiger partial charge in [-0.15, -0.1) is 0 Å². The van der Waals surface area contributed by atoms with Crippen LogP contribution >= 0.6 is 0 Å². The van der Waals surface area contributed by atoms with E-state index in [1.807, 2.05) is 0 Å². The molecule has 0 bridgehead atoms. The molecule has 0 heterocycles. The van der Waals surface area contributed by atoms with Crippen LogP contribution < -0.4 is 5.32 Å². The van der Waals surface area contributed by atoms with Crippen LogP contribution in [0.1, 0.15) is 45.4 Å². The maximum absolute atomic E-state index is 11.4. The molecule has 5 N–H and O–H groups in total. The smallest absolute Gasteiger partial charge is 0.251 e. The molecule has 6 heteroatoms. The van der Waals surface area contributed by atoms with E-state index in [9.17, 15) is 15.0 Å². The summed E-state index contributed by atoms with van der Waals surface area (Å²) in [5.41, 5.74) is 0. The fourth-order valence-electron chi connectivity index (χ4n) is 1.70. The zero-order chi connectivity index (χ0) is 14.7. The highest BCUT2D eigenvalue weighted by molar-refractivity contribution is 5.81. The molecule has 0 aliphatic heterocycles. The molecule has 3 atom stereocenters. The van der Waals surface area contributed by atoms with Gasteiger partial charge in [0.15, 0.2) is 6.10 Å². The molecule has 0 saturated heterocycles. The van der Waals surface area contributed by atoms with E-state index >= 15 is 0 Å². The topological polar surface area (TPSA) is 110 Å². The van der Waals surface area contributed by atoms with Gasteiger partial charge in [0.25, 0.3) is 5.91 Å². The Hall–Kier alpha value is -0.690. The first-order valence-corrected chi connectivity index (χ1v) is 6.97. The van der Waals surface area contributed by atoms with Crippen molar-refractivity contribution in [2.75, 3.05) is 13.2 Å². The van der Waals surface area contributed by atoms with Gasteiger partial charge in [-0.25, -0.2) is 0 Å². The van der Waals surface area contributed by atoms with E-state index in [-0.39, 0.29) is 0 Å². The summed E-state index contributed by atoms with van der Waals surface area (Å²) in [6.45, 7) is 1.88. The quantitative estimate of drug-likeness (QED) is 0.328. The van der Waals surface area contributed by atoms with Gasteiger partial charge in [0.1, 0.15) is 12.2 Å². The Kier molecular flexibility index (Phi) is 10.8. The van der Waals surface area contributed by atoms with Crippen LogP contribution in [0.5, 0.6) is 0 Å². The highest BCUT2D eigenvalue weighted by Gasteiger charge is 2.29. The first kappa shape index (κ1) is 18.3. The third kappa shape index (κ3) is 8.15. The number of carbonyl (C=O) groups excluding carboxylic acids is 1. The number of carbonyl (C=O) groups is 1. The maximum Gasteiger partial charge on any atom is 0.251 e. The molecular weight excluding hydrogens is 250 g/mol. The van der Waals surface area contributed by atoms with Crippen molar-refractivity contribution in [3.05, 3.63) is 0 Å². The lowest BCUT2D eigenvalue weighted by Gasteiger charge is -2.20. The normalized spacial score (nSPS) is 15.8. The van der Waals surface area contributed by atoms with Crippen LogP contribution in [0.15, 0.2) is 0 Å². The maximum atomic E-state index is 11.4. The standard InChI is InChI=1S/C13H27NO5/c1-2-3-4-5-6-7-8-14-13(19)12(18)11(17)10(16)9-15/h10-12,15-18H,2-9H2,1H3,(H,14,19)/t10-,11-,12+/m0/s1. The van der Waals surface area contributed by atoms with Crippen molar-refractivity contribution in [1.29, 1.82) is 0 Å². The third-order valence-electron chi connectivity index (χ3n) is 3.00. The summed E-state index contributed by atoms with van der Waals surface area (Å²) >= 11 is 0. The second-order valence-corrected chi connectivity index (χ2v) is 4.74.